The van der Waals surface area contributed by atoms with Crippen LogP contribution in [0.2, 0.25) is 0 Å². The molecule has 1 N–H and O–H groups in total. The maximum Gasteiger partial charge on any atom is 0.348 e. The minimum atomic E-state index is -0.519. The molecule has 2 heterocycles. The first-order chi connectivity index (χ1) is 11.0. The summed E-state index contributed by atoms with van der Waals surface area (Å²) >= 11 is 4.12. The van der Waals surface area contributed by atoms with Gasteiger partial charge in [-0.15, -0.1) is 0 Å². The van der Waals surface area contributed by atoms with E-state index in [1.807, 2.05) is 17.8 Å². The second-order valence-corrected chi connectivity index (χ2v) is 7.91. The first kappa shape index (κ1) is 16.6. The Kier molecular flexibility index (Phi) is 5.11. The van der Waals surface area contributed by atoms with E-state index in [0.717, 1.165) is 5.75 Å². The molecular weight excluding hydrogens is 425 g/mol. The van der Waals surface area contributed by atoms with Gasteiger partial charge in [0.25, 0.3) is 0 Å². The van der Waals surface area contributed by atoms with E-state index in [9.17, 15) is 9.90 Å². The number of aliphatic imine (C=N–C) groups is 1. The van der Waals surface area contributed by atoms with Crippen molar-refractivity contribution >= 4 is 40.1 Å². The Balaban J connectivity index is 1.97. The summed E-state index contributed by atoms with van der Waals surface area (Å²) < 4.78 is 6.32. The molecule has 6 heteroatoms. The predicted octanol–water partition coefficient (Wildman–Crippen LogP) is 3.93. The summed E-state index contributed by atoms with van der Waals surface area (Å²) in [6.07, 6.45) is 0.603. The number of thioether (sulfide) groups is 1. The van der Waals surface area contributed by atoms with Gasteiger partial charge < -0.3 is 9.52 Å². The molecule has 0 saturated carbocycles. The van der Waals surface area contributed by atoms with Crippen molar-refractivity contribution in [2.45, 2.75) is 18.6 Å². The van der Waals surface area contributed by atoms with Crippen molar-refractivity contribution in [3.8, 4) is 5.75 Å². The van der Waals surface area contributed by atoms with Gasteiger partial charge in [0.1, 0.15) is 17.1 Å². The summed E-state index contributed by atoms with van der Waals surface area (Å²) in [5.74, 6) is 1.23. The number of aryl methyl sites for hydroxylation is 1. The van der Waals surface area contributed by atoms with Crippen molar-refractivity contribution in [3.05, 3.63) is 61.2 Å². The highest BCUT2D eigenvalue weighted by Crippen LogP contribution is 2.36. The largest absolute Gasteiger partial charge is 0.507 e. The van der Waals surface area contributed by atoms with E-state index in [1.54, 1.807) is 6.92 Å². The molecule has 0 fully saturated rings. The van der Waals surface area contributed by atoms with Gasteiger partial charge in [-0.25, -0.2) is 4.79 Å². The molecule has 1 aliphatic rings. The molecule has 1 aliphatic heterocycles. The van der Waals surface area contributed by atoms with Crippen LogP contribution in [0.25, 0.3) is 0 Å². The molecule has 1 atom stereocenters. The highest BCUT2D eigenvalue weighted by atomic mass is 127. The molecule has 0 spiro atoms. The van der Waals surface area contributed by atoms with Gasteiger partial charge in [-0.2, -0.15) is 11.8 Å². The molecular formula is C17H16INO3S. The Morgan fingerprint density at radius 1 is 1.39 bits per heavy atom. The lowest BCUT2D eigenvalue weighted by atomic mass is 10.0. The lowest BCUT2D eigenvalue weighted by Gasteiger charge is -2.16. The quantitative estimate of drug-likeness (QED) is 0.718. The fourth-order valence-electron chi connectivity index (χ4n) is 2.64. The lowest BCUT2D eigenvalue weighted by molar-refractivity contribution is 0.432. The molecule has 4 nitrogen and oxygen atoms in total. The second kappa shape index (κ2) is 7.09. The van der Waals surface area contributed by atoms with Crippen LogP contribution in [-0.4, -0.2) is 23.1 Å². The fourth-order valence-corrected chi connectivity index (χ4v) is 4.30. The monoisotopic (exact) mass is 441 g/mol. The van der Waals surface area contributed by atoms with Gasteiger partial charge in [0.2, 0.25) is 0 Å². The van der Waals surface area contributed by atoms with Crippen molar-refractivity contribution in [3.63, 3.8) is 0 Å². The number of nitrogens with zero attached hydrogens (tertiary/aromatic N) is 1. The smallest absolute Gasteiger partial charge is 0.348 e. The third kappa shape index (κ3) is 3.80. The van der Waals surface area contributed by atoms with E-state index >= 15 is 0 Å². The van der Waals surface area contributed by atoms with Crippen molar-refractivity contribution in [1.82, 2.24) is 0 Å². The molecule has 1 aromatic heterocycles. The molecule has 23 heavy (non-hydrogen) atoms. The van der Waals surface area contributed by atoms with E-state index in [-0.39, 0.29) is 16.6 Å². The number of rotatable bonds is 2. The Morgan fingerprint density at radius 2 is 2.22 bits per heavy atom. The Morgan fingerprint density at radius 3 is 2.96 bits per heavy atom. The van der Waals surface area contributed by atoms with Crippen molar-refractivity contribution in [2.24, 2.45) is 4.99 Å². The van der Waals surface area contributed by atoms with Gasteiger partial charge in [0.05, 0.1) is 5.71 Å². The van der Waals surface area contributed by atoms with Gasteiger partial charge in [-0.05, 0) is 47.2 Å². The number of benzene rings is 1. The zero-order valence-electron chi connectivity index (χ0n) is 12.6. The zero-order chi connectivity index (χ0) is 16.4. The normalized spacial score (nSPS) is 18.3. The average molecular weight is 441 g/mol. The molecule has 0 amide bonds. The first-order valence-corrected chi connectivity index (χ1v) is 9.42. The molecule has 0 aliphatic carbocycles. The molecule has 1 aromatic carbocycles. The summed E-state index contributed by atoms with van der Waals surface area (Å²) in [6.45, 7) is 2.28. The van der Waals surface area contributed by atoms with Gasteiger partial charge in [-0.3, -0.25) is 4.99 Å². The van der Waals surface area contributed by atoms with E-state index in [0.29, 0.717) is 24.4 Å². The van der Waals surface area contributed by atoms with Crippen LogP contribution in [0.5, 0.6) is 5.75 Å². The number of aromatic hydroxyl groups is 1. The van der Waals surface area contributed by atoms with E-state index < -0.39 is 5.63 Å². The maximum absolute atomic E-state index is 12.2. The number of hydrogen-bond acceptors (Lipinski definition) is 5. The first-order valence-electron chi connectivity index (χ1n) is 7.29. The molecule has 120 valence electrons. The molecule has 0 radical (unpaired) electrons. The van der Waals surface area contributed by atoms with E-state index in [4.69, 9.17) is 4.42 Å². The topological polar surface area (TPSA) is 62.8 Å². The van der Waals surface area contributed by atoms with Gasteiger partial charge >= 0.3 is 5.63 Å². The predicted molar refractivity (Wildman–Crippen MR) is 102 cm³/mol. The van der Waals surface area contributed by atoms with Gasteiger partial charge in [-0.1, -0.05) is 12.1 Å². The average Bonchev–Trinajstić information content (AvgIpc) is 2.72. The number of hydrogen-bond donors (Lipinski definition) is 1. The van der Waals surface area contributed by atoms with Crippen LogP contribution in [0.1, 0.15) is 28.6 Å². The van der Waals surface area contributed by atoms with Crippen LogP contribution in [0.3, 0.4) is 0 Å². The Hall–Kier alpha value is -1.28. The minimum Gasteiger partial charge on any atom is -0.507 e. The molecule has 3 rings (SSSR count). The molecule has 0 saturated heterocycles. The second-order valence-electron chi connectivity index (χ2n) is 5.35. The van der Waals surface area contributed by atoms with E-state index in [2.05, 4.69) is 45.8 Å². The van der Waals surface area contributed by atoms with Gasteiger partial charge in [0, 0.05) is 33.6 Å². The summed E-state index contributed by atoms with van der Waals surface area (Å²) in [4.78, 5) is 16.7. The van der Waals surface area contributed by atoms with E-state index in [1.165, 1.54) is 15.2 Å². The van der Waals surface area contributed by atoms with Crippen LogP contribution < -0.4 is 5.63 Å². The zero-order valence-corrected chi connectivity index (χ0v) is 15.6. The summed E-state index contributed by atoms with van der Waals surface area (Å²) in [7, 11) is 0. The van der Waals surface area contributed by atoms with Crippen LogP contribution in [0.4, 0.5) is 0 Å². The Labute approximate surface area is 152 Å². The van der Waals surface area contributed by atoms with Crippen LogP contribution in [0.15, 0.2) is 44.5 Å². The Bertz CT molecular complexity index is 816. The molecule has 0 bridgehead atoms. The van der Waals surface area contributed by atoms with Crippen molar-refractivity contribution in [2.75, 3.05) is 12.3 Å². The third-order valence-electron chi connectivity index (χ3n) is 3.65. The summed E-state index contributed by atoms with van der Waals surface area (Å²) in [5.41, 5.74) is 1.53. The van der Waals surface area contributed by atoms with Gasteiger partial charge in [0.15, 0.2) is 0 Å². The number of halogens is 1. The standard InChI is InChI=1S/C17H16INO3S/c1-10-7-14(20)16(17(21)22-10)13-9-15(23-6-5-19-13)11-3-2-4-12(18)8-11/h2-4,7-8,15,20H,5-6,9H2,1H3. The SMILES string of the molecule is Cc1cc(O)c(C2=NCCSC(c3cccc(I)c3)C2)c(=O)o1. The maximum atomic E-state index is 12.2. The highest BCUT2D eigenvalue weighted by Gasteiger charge is 2.23. The molecule has 2 aromatic rings. The third-order valence-corrected chi connectivity index (χ3v) is 5.59. The van der Waals surface area contributed by atoms with Crippen molar-refractivity contribution in [1.29, 1.82) is 0 Å². The summed E-state index contributed by atoms with van der Waals surface area (Å²) in [6, 6.07) is 9.81. The van der Waals surface area contributed by atoms with Crippen LogP contribution in [0, 0.1) is 10.5 Å². The minimum absolute atomic E-state index is 0.0502. The highest BCUT2D eigenvalue weighted by molar-refractivity contribution is 14.1. The fraction of sp³-hybridized carbons (Fsp3) is 0.294. The van der Waals surface area contributed by atoms with Crippen molar-refractivity contribution < 1.29 is 9.52 Å². The van der Waals surface area contributed by atoms with Crippen LogP contribution >= 0.6 is 34.4 Å². The lowest BCUT2D eigenvalue weighted by Crippen LogP contribution is -2.17. The van der Waals surface area contributed by atoms with Crippen LogP contribution in [-0.2, 0) is 0 Å². The molecule has 1 unspecified atom stereocenters. The summed E-state index contributed by atoms with van der Waals surface area (Å²) in [5, 5.41) is 10.4.